The Labute approximate surface area is 320 Å². The maximum Gasteiger partial charge on any atom is 0.318 e. The van der Waals surface area contributed by atoms with Crippen molar-refractivity contribution in [3.63, 3.8) is 0 Å². The molecule has 8 N–H and O–H groups in total. The van der Waals surface area contributed by atoms with Crippen molar-refractivity contribution in [2.45, 2.75) is 28.2 Å². The monoisotopic (exact) mass is 771 g/mol. The number of nitrogens with one attached hydrogen (secondary N) is 1. The number of azo groups is 1. The molecule has 53 heavy (non-hydrogen) atoms. The van der Waals surface area contributed by atoms with Gasteiger partial charge in [0.05, 0.1) is 40.3 Å². The van der Waals surface area contributed by atoms with E-state index in [-0.39, 0.29) is 58.7 Å². The van der Waals surface area contributed by atoms with E-state index >= 15 is 0 Å². The van der Waals surface area contributed by atoms with Crippen LogP contribution in [0.4, 0.5) is 22.7 Å². The highest BCUT2D eigenvalue weighted by Crippen LogP contribution is 2.27. The van der Waals surface area contributed by atoms with E-state index < -0.39 is 5.91 Å². The number of aliphatic hydroxyl groups excluding tert-OH is 3. The van der Waals surface area contributed by atoms with Crippen LogP contribution in [0.3, 0.4) is 0 Å². The second kappa shape index (κ2) is 26.2. The van der Waals surface area contributed by atoms with Crippen LogP contribution in [-0.2, 0) is 14.3 Å². The number of aliphatic hydroxyl groups is 3. The Morgan fingerprint density at radius 1 is 0.830 bits per heavy atom. The van der Waals surface area contributed by atoms with Crippen LogP contribution in [-0.4, -0.2) is 53.6 Å². The van der Waals surface area contributed by atoms with E-state index in [1.54, 1.807) is 72.8 Å². The van der Waals surface area contributed by atoms with Crippen molar-refractivity contribution >= 4 is 57.8 Å². The van der Waals surface area contributed by atoms with E-state index in [4.69, 9.17) is 54.4 Å². The Hall–Kier alpha value is -5.60. The number of carbonyl (C=O) groups is 2. The third-order valence-electron chi connectivity index (χ3n) is 5.92. The Kier molecular flexibility index (Phi) is 23.4. The molecule has 1 saturated heterocycles. The van der Waals surface area contributed by atoms with Gasteiger partial charge < -0.3 is 46.3 Å². The zero-order valence-electron chi connectivity index (χ0n) is 27.7. The Bertz CT molecular complexity index is 1760. The molecule has 5 rings (SSSR count). The lowest BCUT2D eigenvalue weighted by Gasteiger charge is -2.12. The summed E-state index contributed by atoms with van der Waals surface area (Å²) in [6.45, 7) is 4.92. The van der Waals surface area contributed by atoms with Crippen molar-refractivity contribution in [2.24, 2.45) is 10.2 Å². The number of para-hydroxylation sites is 5. The number of nitrogens with zero attached hydrogens (tertiary/aromatic N) is 2. The van der Waals surface area contributed by atoms with Gasteiger partial charge >= 0.3 is 5.97 Å². The molecule has 1 amide bonds. The first-order chi connectivity index (χ1) is 24.5. The van der Waals surface area contributed by atoms with Crippen LogP contribution in [0.2, 0.25) is 10.0 Å². The smallest absolute Gasteiger partial charge is 0.318 e. The average Bonchev–Trinajstić information content (AvgIpc) is 3.10. The quantitative estimate of drug-likeness (QED) is 0.0297. The van der Waals surface area contributed by atoms with Crippen LogP contribution in [0.15, 0.2) is 131 Å². The molecule has 286 valence electrons. The fourth-order valence-electron chi connectivity index (χ4n) is 3.51. The van der Waals surface area contributed by atoms with Crippen LogP contribution in [0.25, 0.3) is 0 Å². The molecule has 0 radical (unpaired) electrons. The molecule has 4 aromatic rings. The van der Waals surface area contributed by atoms with Crippen molar-refractivity contribution < 1.29 is 39.1 Å². The number of hydrogen-bond acceptors (Lipinski definition) is 12. The molecule has 0 bridgehead atoms. The summed E-state index contributed by atoms with van der Waals surface area (Å²) >= 11 is 11.6. The van der Waals surface area contributed by atoms with Crippen LogP contribution in [0, 0.1) is 0 Å². The van der Waals surface area contributed by atoms with Gasteiger partial charge in [0.2, 0.25) is 0 Å². The van der Waals surface area contributed by atoms with Crippen LogP contribution >= 0.6 is 23.2 Å². The number of halogens is 2. The lowest BCUT2D eigenvalue weighted by molar-refractivity contribution is -0.148. The van der Waals surface area contributed by atoms with Crippen LogP contribution < -0.4 is 26.3 Å². The van der Waals surface area contributed by atoms with Crippen molar-refractivity contribution in [1.29, 1.82) is 0 Å². The molecule has 0 unspecified atom stereocenters. The zero-order valence-corrected chi connectivity index (χ0v) is 29.2. The molecule has 0 aliphatic carbocycles. The first-order valence-corrected chi connectivity index (χ1v) is 15.9. The van der Waals surface area contributed by atoms with Gasteiger partial charge in [0.25, 0.3) is 5.91 Å². The predicted molar refractivity (Wildman–Crippen MR) is 212 cm³/mol. The topological polar surface area (TPSA) is 211 Å². The number of carbonyl (C=O) groups excluding carboxylic acids is 2. The van der Waals surface area contributed by atoms with Gasteiger partial charge in [-0.2, -0.15) is 0 Å². The molecule has 0 spiro atoms. The summed E-state index contributed by atoms with van der Waals surface area (Å²) in [5.74, 6) is 0.461. The Balaban J connectivity index is 0.000000815. The first kappa shape index (κ1) is 47.4. The zero-order chi connectivity index (χ0) is 37.6. The lowest BCUT2D eigenvalue weighted by atomic mass is 10.2. The number of hydrogen-bond donors (Lipinski definition) is 6. The van der Waals surface area contributed by atoms with Gasteiger partial charge in [-0.05, 0) is 55.5 Å². The number of ether oxygens (including phenoxy) is 3. The number of cyclic esters (lactones) is 1. The molecule has 1 heterocycles. The number of rotatable bonds is 10. The normalized spacial score (nSPS) is 11.4. The minimum absolute atomic E-state index is 0. The number of nitrogens with two attached hydrogens (primary N) is 2. The molecule has 0 atom stereocenters. The van der Waals surface area contributed by atoms with Crippen LogP contribution in [0.1, 0.15) is 28.2 Å². The molecule has 0 saturated carbocycles. The standard InChI is InChI=1S/C18H18ClN3O4.C8H11NO2.C6H6ClN.C4H4O2.2CH4/c1-12(24)17(22-21-14-7-3-2-6-13(14)19)18(25)20-15-8-4-5-9-16(15)26-11-10-23;9-7-3-1-2-4-8(7)11-6-5-10;7-5-3-1-2-4-6(5)8;1-3-2-4(5)6-3;;/h2-9,23-24H,10-11H2,1H3,(H,20,25);1-4,10H,5-6,9H2;1-4H,8H2;1-2H2;2*1H4. The summed E-state index contributed by atoms with van der Waals surface area (Å²) in [5, 5.41) is 38.4. The maximum absolute atomic E-state index is 12.5. The Morgan fingerprint density at radius 2 is 1.32 bits per heavy atom. The van der Waals surface area contributed by atoms with Crippen molar-refractivity contribution in [2.75, 3.05) is 43.2 Å². The summed E-state index contributed by atoms with van der Waals surface area (Å²) in [6.07, 6.45) is 0.417. The summed E-state index contributed by atoms with van der Waals surface area (Å²) < 4.78 is 14.8. The van der Waals surface area contributed by atoms with E-state index in [2.05, 4.69) is 26.9 Å². The van der Waals surface area contributed by atoms with E-state index in [0.29, 0.717) is 56.5 Å². The Morgan fingerprint density at radius 3 is 1.77 bits per heavy atom. The van der Waals surface area contributed by atoms with Crippen LogP contribution in [0.5, 0.6) is 11.5 Å². The predicted octanol–water partition coefficient (Wildman–Crippen LogP) is 8.50. The summed E-state index contributed by atoms with van der Waals surface area (Å²) in [4.78, 5) is 22.3. The molecule has 4 aromatic carbocycles. The van der Waals surface area contributed by atoms with Gasteiger partial charge in [-0.25, -0.2) is 0 Å². The van der Waals surface area contributed by atoms with E-state index in [1.807, 2.05) is 24.3 Å². The van der Waals surface area contributed by atoms with Gasteiger partial charge in [0, 0.05) is 0 Å². The number of anilines is 3. The molecular formula is C38H47Cl2N5O8. The highest BCUT2D eigenvalue weighted by molar-refractivity contribution is 6.33. The molecule has 1 aliphatic heterocycles. The SMILES string of the molecule is C.C.C=C1CC(=O)O1.CC(O)=C(N=Nc1ccccc1Cl)C(=O)Nc1ccccc1OCCO.Nc1ccccc1Cl.Nc1ccccc1OCCO. The van der Waals surface area contributed by atoms with E-state index in [0.717, 1.165) is 0 Å². The van der Waals surface area contributed by atoms with E-state index in [1.165, 1.54) is 6.92 Å². The van der Waals surface area contributed by atoms with Gasteiger partial charge in [-0.15, -0.1) is 10.2 Å². The third kappa shape index (κ3) is 17.9. The molecule has 15 heteroatoms. The number of esters is 1. The number of nitrogen functional groups attached to an aromatic ring is 2. The van der Waals surface area contributed by atoms with Crippen molar-refractivity contribution in [1.82, 2.24) is 0 Å². The molecule has 0 aromatic heterocycles. The molecular weight excluding hydrogens is 725 g/mol. The minimum Gasteiger partial charge on any atom is -0.510 e. The van der Waals surface area contributed by atoms with Gasteiger partial charge in [0.15, 0.2) is 5.70 Å². The summed E-state index contributed by atoms with van der Waals surface area (Å²) in [6, 6.07) is 27.9. The molecule has 13 nitrogen and oxygen atoms in total. The fourth-order valence-corrected chi connectivity index (χ4v) is 3.82. The lowest BCUT2D eigenvalue weighted by Crippen LogP contribution is -2.16. The first-order valence-electron chi connectivity index (χ1n) is 15.1. The average molecular weight is 773 g/mol. The van der Waals surface area contributed by atoms with Gasteiger partial charge in [0.1, 0.15) is 48.3 Å². The summed E-state index contributed by atoms with van der Waals surface area (Å²) in [5.41, 5.74) is 12.7. The second-order valence-corrected chi connectivity index (χ2v) is 10.7. The highest BCUT2D eigenvalue weighted by Gasteiger charge is 2.18. The number of allylic oxidation sites excluding steroid dienone is 1. The van der Waals surface area contributed by atoms with Gasteiger partial charge in [-0.1, -0.05) is 93.2 Å². The maximum atomic E-state index is 12.5. The fraction of sp³-hybridized carbons (Fsp3) is 0.211. The third-order valence-corrected chi connectivity index (χ3v) is 6.59. The largest absolute Gasteiger partial charge is 0.510 e. The molecule has 1 aliphatic rings. The van der Waals surface area contributed by atoms with Crippen molar-refractivity contribution in [3.05, 3.63) is 131 Å². The van der Waals surface area contributed by atoms with Crippen molar-refractivity contribution in [3.8, 4) is 11.5 Å². The second-order valence-electron chi connectivity index (χ2n) is 9.93. The highest BCUT2D eigenvalue weighted by atomic mass is 35.5. The van der Waals surface area contributed by atoms with E-state index in [9.17, 15) is 14.7 Å². The minimum atomic E-state index is -0.666. The summed E-state index contributed by atoms with van der Waals surface area (Å²) in [7, 11) is 0. The molecule has 1 fully saturated rings. The number of benzene rings is 4. The van der Waals surface area contributed by atoms with Gasteiger partial charge in [-0.3, -0.25) is 9.59 Å². The number of amides is 1.